The van der Waals surface area contributed by atoms with Gasteiger partial charge in [0.15, 0.2) is 5.96 Å². The van der Waals surface area contributed by atoms with Crippen LogP contribution in [0.25, 0.3) is 0 Å². The number of rotatable bonds is 9. The first-order chi connectivity index (χ1) is 12.8. The van der Waals surface area contributed by atoms with Crippen molar-refractivity contribution in [2.75, 3.05) is 26.2 Å². The van der Waals surface area contributed by atoms with Crippen molar-refractivity contribution in [1.82, 2.24) is 20.9 Å². The van der Waals surface area contributed by atoms with Gasteiger partial charge in [-0.05, 0) is 51.9 Å². The topological polar surface area (TPSA) is 68.8 Å². The van der Waals surface area contributed by atoms with Crippen LogP contribution in [0.3, 0.4) is 0 Å². The molecule has 6 nitrogen and oxygen atoms in total. The molecule has 3 N–H and O–H groups in total. The molecule has 0 unspecified atom stereocenters. The minimum atomic E-state index is -0.237. The van der Waals surface area contributed by atoms with Crippen molar-refractivity contribution in [2.45, 2.75) is 60.2 Å². The maximum absolute atomic E-state index is 12.0. The molecule has 0 spiro atoms. The summed E-state index contributed by atoms with van der Waals surface area (Å²) in [5.74, 6) is 0.602. The molecule has 0 aliphatic carbocycles. The van der Waals surface area contributed by atoms with Gasteiger partial charge < -0.3 is 16.0 Å². The fourth-order valence-electron chi connectivity index (χ4n) is 2.67. The van der Waals surface area contributed by atoms with E-state index in [1.807, 2.05) is 27.7 Å². The van der Waals surface area contributed by atoms with E-state index in [9.17, 15) is 4.79 Å². The first-order valence-electron chi connectivity index (χ1n) is 9.90. The van der Waals surface area contributed by atoms with Crippen molar-refractivity contribution < 1.29 is 4.79 Å². The zero-order chi connectivity index (χ0) is 20.3. The average Bonchev–Trinajstić information content (AvgIpc) is 2.61. The summed E-state index contributed by atoms with van der Waals surface area (Å²) in [6.45, 7) is 16.8. The van der Waals surface area contributed by atoms with Gasteiger partial charge in [0, 0.05) is 18.6 Å². The molecule has 6 heteroatoms. The number of hydrogen-bond acceptors (Lipinski definition) is 3. The third kappa shape index (κ3) is 9.99. The predicted molar refractivity (Wildman–Crippen MR) is 114 cm³/mol. The number of carbonyl (C=O) groups is 1. The van der Waals surface area contributed by atoms with Crippen molar-refractivity contribution in [3.8, 4) is 0 Å². The van der Waals surface area contributed by atoms with E-state index in [-0.39, 0.29) is 18.0 Å². The maximum atomic E-state index is 12.0. The Bertz CT molecular complexity index is 603. The van der Waals surface area contributed by atoms with Gasteiger partial charge in [-0.1, -0.05) is 38.1 Å². The lowest BCUT2D eigenvalue weighted by Crippen LogP contribution is -2.48. The van der Waals surface area contributed by atoms with Crippen LogP contribution in [0.1, 0.15) is 52.7 Å². The molecule has 0 aliphatic heterocycles. The molecule has 0 fully saturated rings. The van der Waals surface area contributed by atoms with Crippen LogP contribution in [0.4, 0.5) is 0 Å². The fraction of sp³-hybridized carbons (Fsp3) is 0.619. The van der Waals surface area contributed by atoms with Crippen molar-refractivity contribution in [3.63, 3.8) is 0 Å². The van der Waals surface area contributed by atoms with Gasteiger partial charge in [0.25, 0.3) is 0 Å². The van der Waals surface area contributed by atoms with E-state index >= 15 is 0 Å². The fourth-order valence-corrected chi connectivity index (χ4v) is 2.67. The highest BCUT2D eigenvalue weighted by Gasteiger charge is 2.13. The van der Waals surface area contributed by atoms with E-state index in [1.165, 1.54) is 5.56 Å². The highest BCUT2D eigenvalue weighted by Crippen LogP contribution is 2.09. The molecule has 1 rings (SSSR count). The molecule has 0 bridgehead atoms. The van der Waals surface area contributed by atoms with Gasteiger partial charge in [0.1, 0.15) is 0 Å². The second-order valence-corrected chi connectivity index (χ2v) is 7.63. The summed E-state index contributed by atoms with van der Waals surface area (Å²) in [5.41, 5.74) is 2.23. The molecule has 0 saturated heterocycles. The zero-order valence-electron chi connectivity index (χ0n) is 17.9. The summed E-state index contributed by atoms with van der Waals surface area (Å²) < 4.78 is 0. The summed E-state index contributed by atoms with van der Waals surface area (Å²) in [6.07, 6.45) is 0. The molecule has 0 saturated carbocycles. The second-order valence-electron chi connectivity index (χ2n) is 7.63. The highest BCUT2D eigenvalue weighted by atomic mass is 16.2. The molecule has 0 aromatic heterocycles. The molecule has 0 atom stereocenters. The minimum Gasteiger partial charge on any atom is -0.357 e. The van der Waals surface area contributed by atoms with Crippen LogP contribution in [0.15, 0.2) is 29.3 Å². The molecule has 1 amide bonds. The van der Waals surface area contributed by atoms with E-state index in [4.69, 9.17) is 0 Å². The Morgan fingerprint density at radius 1 is 1.07 bits per heavy atom. The Labute approximate surface area is 164 Å². The van der Waals surface area contributed by atoms with Gasteiger partial charge in [0.05, 0.1) is 13.1 Å². The van der Waals surface area contributed by atoms with Crippen LogP contribution in [0.2, 0.25) is 0 Å². The largest absolute Gasteiger partial charge is 0.357 e. The van der Waals surface area contributed by atoms with Crippen LogP contribution >= 0.6 is 0 Å². The molecule has 1 aromatic carbocycles. The summed E-state index contributed by atoms with van der Waals surface area (Å²) in [6, 6.07) is 8.54. The Morgan fingerprint density at radius 2 is 1.74 bits per heavy atom. The van der Waals surface area contributed by atoms with Crippen molar-refractivity contribution >= 4 is 11.9 Å². The third-order valence-electron chi connectivity index (χ3n) is 3.99. The van der Waals surface area contributed by atoms with E-state index in [0.29, 0.717) is 12.5 Å². The summed E-state index contributed by atoms with van der Waals surface area (Å²) in [7, 11) is 0. The zero-order valence-corrected chi connectivity index (χ0v) is 17.9. The molecule has 152 valence electrons. The predicted octanol–water partition coefficient (Wildman–Crippen LogP) is 2.50. The van der Waals surface area contributed by atoms with Gasteiger partial charge in [-0.3, -0.25) is 9.69 Å². The van der Waals surface area contributed by atoms with Crippen molar-refractivity contribution in [1.29, 1.82) is 0 Å². The molecular weight excluding hydrogens is 338 g/mol. The highest BCUT2D eigenvalue weighted by molar-refractivity contribution is 5.86. The molecule has 27 heavy (non-hydrogen) atoms. The van der Waals surface area contributed by atoms with E-state index in [2.05, 4.69) is 64.0 Å². The first-order valence-corrected chi connectivity index (χ1v) is 9.90. The Morgan fingerprint density at radius 3 is 2.33 bits per heavy atom. The van der Waals surface area contributed by atoms with E-state index in [1.54, 1.807) is 0 Å². The van der Waals surface area contributed by atoms with Gasteiger partial charge in [0.2, 0.25) is 5.91 Å². The standard InChI is InChI=1S/C21H37N5O/c1-7-22-20(24-15-19(27)25-21(4,5)6)23-14-17-11-10-12-18(13-17)16-26(8-2)9-3/h10-13H,7-9,14-16H2,1-6H3,(H,25,27)(H2,22,23,24). The molecule has 0 radical (unpaired) electrons. The quantitative estimate of drug-likeness (QED) is 0.458. The Hall–Kier alpha value is -2.08. The minimum absolute atomic E-state index is 0.0469. The number of guanidine groups is 1. The summed E-state index contributed by atoms with van der Waals surface area (Å²) >= 11 is 0. The van der Waals surface area contributed by atoms with Crippen LogP contribution in [0.5, 0.6) is 0 Å². The maximum Gasteiger partial charge on any atom is 0.239 e. The second kappa shape index (κ2) is 11.6. The van der Waals surface area contributed by atoms with E-state index < -0.39 is 0 Å². The summed E-state index contributed by atoms with van der Waals surface area (Å²) in [4.78, 5) is 19.0. The number of amides is 1. The van der Waals surface area contributed by atoms with Crippen molar-refractivity contribution in [2.24, 2.45) is 4.99 Å². The smallest absolute Gasteiger partial charge is 0.239 e. The average molecular weight is 376 g/mol. The number of hydrogen-bond donors (Lipinski definition) is 3. The number of benzene rings is 1. The molecular formula is C21H37N5O. The van der Waals surface area contributed by atoms with Crippen LogP contribution in [-0.2, 0) is 17.9 Å². The number of aliphatic imine (C=N–C) groups is 1. The molecule has 1 aromatic rings. The number of nitrogens with one attached hydrogen (secondary N) is 3. The molecule has 0 aliphatic rings. The summed E-state index contributed by atoms with van der Waals surface area (Å²) in [5, 5.41) is 9.22. The number of nitrogens with zero attached hydrogens (tertiary/aromatic N) is 2. The van der Waals surface area contributed by atoms with Crippen molar-refractivity contribution in [3.05, 3.63) is 35.4 Å². The van der Waals surface area contributed by atoms with Gasteiger partial charge in [-0.2, -0.15) is 0 Å². The lowest BCUT2D eigenvalue weighted by Gasteiger charge is -2.21. The van der Waals surface area contributed by atoms with Crippen LogP contribution in [-0.4, -0.2) is 48.5 Å². The normalized spacial score (nSPS) is 12.2. The third-order valence-corrected chi connectivity index (χ3v) is 3.99. The van der Waals surface area contributed by atoms with Gasteiger partial charge >= 0.3 is 0 Å². The molecule has 0 heterocycles. The van der Waals surface area contributed by atoms with Crippen LogP contribution < -0.4 is 16.0 Å². The SMILES string of the molecule is CCNC(=NCc1cccc(CN(CC)CC)c1)NCC(=O)NC(C)(C)C. The Balaban J connectivity index is 2.68. The van der Waals surface area contributed by atoms with Crippen LogP contribution in [0, 0.1) is 0 Å². The van der Waals surface area contributed by atoms with E-state index in [0.717, 1.165) is 31.7 Å². The lowest BCUT2D eigenvalue weighted by atomic mass is 10.1. The van der Waals surface area contributed by atoms with Gasteiger partial charge in [-0.15, -0.1) is 0 Å². The number of carbonyl (C=O) groups excluding carboxylic acids is 1. The lowest BCUT2D eigenvalue weighted by molar-refractivity contribution is -0.121. The monoisotopic (exact) mass is 375 g/mol. The van der Waals surface area contributed by atoms with Gasteiger partial charge in [-0.25, -0.2) is 4.99 Å². The Kier molecular flexibility index (Phi) is 9.86. The first kappa shape index (κ1) is 23.0.